The maximum atomic E-state index is 11.9. The Morgan fingerprint density at radius 3 is 2.67 bits per heavy atom. The number of hydrogen-bond donors (Lipinski definition) is 1. The van der Waals surface area contributed by atoms with Gasteiger partial charge in [0.2, 0.25) is 0 Å². The minimum absolute atomic E-state index is 0.0236. The lowest BCUT2D eigenvalue weighted by atomic mass is 10.1. The van der Waals surface area contributed by atoms with Gasteiger partial charge < -0.3 is 10.1 Å². The van der Waals surface area contributed by atoms with E-state index in [-0.39, 0.29) is 17.3 Å². The van der Waals surface area contributed by atoms with Gasteiger partial charge in [-0.2, -0.15) is 0 Å². The van der Waals surface area contributed by atoms with Crippen molar-refractivity contribution < 1.29 is 19.2 Å². The molecule has 7 nitrogen and oxygen atoms in total. The molecule has 0 fully saturated rings. The average Bonchev–Trinajstić information content (AvgIpc) is 2.43. The first-order chi connectivity index (χ1) is 9.86. The number of nitrogens with zero attached hydrogens (tertiary/aromatic N) is 1. The van der Waals surface area contributed by atoms with E-state index in [0.717, 1.165) is 6.42 Å². The van der Waals surface area contributed by atoms with Crippen LogP contribution in [0.1, 0.15) is 36.2 Å². The van der Waals surface area contributed by atoms with Crippen LogP contribution in [0.25, 0.3) is 0 Å². The number of hydrogen-bond acceptors (Lipinski definition) is 5. The predicted molar refractivity (Wildman–Crippen MR) is 76.0 cm³/mol. The Morgan fingerprint density at radius 1 is 1.43 bits per heavy atom. The van der Waals surface area contributed by atoms with Gasteiger partial charge in [0.15, 0.2) is 6.61 Å². The van der Waals surface area contributed by atoms with E-state index in [2.05, 4.69) is 5.32 Å². The van der Waals surface area contributed by atoms with Crippen molar-refractivity contribution in [3.8, 4) is 0 Å². The van der Waals surface area contributed by atoms with E-state index in [4.69, 9.17) is 4.74 Å². The molecule has 0 aromatic heterocycles. The van der Waals surface area contributed by atoms with Gasteiger partial charge in [0, 0.05) is 11.6 Å². The van der Waals surface area contributed by atoms with Crippen LogP contribution in [0.2, 0.25) is 0 Å². The topological polar surface area (TPSA) is 98.5 Å². The number of carbonyl (C=O) groups excluding carboxylic acids is 2. The summed E-state index contributed by atoms with van der Waals surface area (Å²) in [6.45, 7) is 4.80. The summed E-state index contributed by atoms with van der Waals surface area (Å²) < 4.78 is 4.83. The lowest BCUT2D eigenvalue weighted by Gasteiger charge is -2.11. The quantitative estimate of drug-likeness (QED) is 0.491. The molecule has 0 saturated heterocycles. The summed E-state index contributed by atoms with van der Waals surface area (Å²) in [5, 5.41) is 13.6. The Morgan fingerprint density at radius 2 is 2.10 bits per heavy atom. The van der Waals surface area contributed by atoms with Crippen LogP contribution < -0.4 is 5.32 Å². The van der Waals surface area contributed by atoms with Gasteiger partial charge in [0.1, 0.15) is 5.56 Å². The van der Waals surface area contributed by atoms with Crippen LogP contribution in [-0.2, 0) is 9.53 Å². The zero-order valence-electron chi connectivity index (χ0n) is 12.2. The molecule has 1 N–H and O–H groups in total. The van der Waals surface area contributed by atoms with Gasteiger partial charge in [-0.1, -0.05) is 19.1 Å². The third-order valence-electron chi connectivity index (χ3n) is 2.99. The molecule has 0 aliphatic heterocycles. The number of nitro groups is 1. The van der Waals surface area contributed by atoms with Crippen molar-refractivity contribution in [2.24, 2.45) is 0 Å². The van der Waals surface area contributed by atoms with E-state index in [1.165, 1.54) is 25.1 Å². The van der Waals surface area contributed by atoms with Crippen molar-refractivity contribution in [1.29, 1.82) is 0 Å². The van der Waals surface area contributed by atoms with Crippen molar-refractivity contribution >= 4 is 17.6 Å². The number of nitrogens with one attached hydrogen (secondary N) is 1. The highest BCUT2D eigenvalue weighted by Crippen LogP contribution is 2.23. The second kappa shape index (κ2) is 7.37. The molecule has 1 amide bonds. The fourth-order valence-electron chi connectivity index (χ4n) is 1.69. The van der Waals surface area contributed by atoms with Gasteiger partial charge in [-0.15, -0.1) is 0 Å². The molecule has 0 aliphatic rings. The zero-order valence-corrected chi connectivity index (χ0v) is 12.2. The van der Waals surface area contributed by atoms with Crippen LogP contribution in [0.3, 0.4) is 0 Å². The van der Waals surface area contributed by atoms with Crippen molar-refractivity contribution in [3.63, 3.8) is 0 Å². The van der Waals surface area contributed by atoms with Crippen LogP contribution in [0.5, 0.6) is 0 Å². The Kier molecular flexibility index (Phi) is 5.83. The van der Waals surface area contributed by atoms with E-state index in [0.29, 0.717) is 5.56 Å². The van der Waals surface area contributed by atoms with E-state index in [1.54, 1.807) is 0 Å². The van der Waals surface area contributed by atoms with Crippen molar-refractivity contribution in [1.82, 2.24) is 5.32 Å². The van der Waals surface area contributed by atoms with Gasteiger partial charge >= 0.3 is 5.97 Å². The summed E-state index contributed by atoms with van der Waals surface area (Å²) in [4.78, 5) is 33.7. The molecule has 0 radical (unpaired) electrons. The number of ether oxygens (including phenoxy) is 1. The molecule has 0 heterocycles. The van der Waals surface area contributed by atoms with Gasteiger partial charge in [-0.25, -0.2) is 4.79 Å². The summed E-state index contributed by atoms with van der Waals surface area (Å²) in [6.07, 6.45) is 0.753. The monoisotopic (exact) mass is 294 g/mol. The van der Waals surface area contributed by atoms with Crippen LogP contribution in [-0.4, -0.2) is 29.4 Å². The normalized spacial score (nSPS) is 11.6. The molecule has 0 unspecified atom stereocenters. The summed E-state index contributed by atoms with van der Waals surface area (Å²) in [5.74, 6) is -1.32. The van der Waals surface area contributed by atoms with Crippen molar-refractivity contribution in [3.05, 3.63) is 39.4 Å². The summed E-state index contributed by atoms with van der Waals surface area (Å²) in [7, 11) is 0. The largest absolute Gasteiger partial charge is 0.452 e. The van der Waals surface area contributed by atoms with E-state index < -0.39 is 23.4 Å². The van der Waals surface area contributed by atoms with Gasteiger partial charge in [-0.3, -0.25) is 14.9 Å². The standard InChI is InChI=1S/C14H18N2O5/c1-4-10(3)15-12(17)8-21-14(18)11-7-5-6-9(2)13(11)16(19)20/h5-7,10H,4,8H2,1-3H3,(H,15,17)/t10-/m0/s1. The number of carbonyl (C=O) groups is 2. The average molecular weight is 294 g/mol. The van der Waals surface area contributed by atoms with Crippen LogP contribution in [0.4, 0.5) is 5.69 Å². The van der Waals surface area contributed by atoms with Crippen LogP contribution in [0, 0.1) is 17.0 Å². The van der Waals surface area contributed by atoms with Gasteiger partial charge in [-0.05, 0) is 26.3 Å². The number of nitro benzene ring substituents is 1. The Hall–Kier alpha value is -2.44. The first kappa shape index (κ1) is 16.6. The molecule has 1 aromatic carbocycles. The van der Waals surface area contributed by atoms with Gasteiger partial charge in [0.25, 0.3) is 11.6 Å². The van der Waals surface area contributed by atoms with Crippen LogP contribution in [0.15, 0.2) is 18.2 Å². The number of esters is 1. The van der Waals surface area contributed by atoms with E-state index in [9.17, 15) is 19.7 Å². The third kappa shape index (κ3) is 4.55. The molecular formula is C14H18N2O5. The summed E-state index contributed by atoms with van der Waals surface area (Å²) >= 11 is 0. The molecule has 1 aromatic rings. The van der Waals surface area contributed by atoms with E-state index in [1.807, 2.05) is 13.8 Å². The molecule has 21 heavy (non-hydrogen) atoms. The molecule has 1 rings (SSSR count). The number of rotatable bonds is 6. The molecule has 0 saturated carbocycles. The maximum absolute atomic E-state index is 11.9. The summed E-state index contributed by atoms with van der Waals surface area (Å²) in [6, 6.07) is 4.34. The lowest BCUT2D eigenvalue weighted by molar-refractivity contribution is -0.385. The molecule has 7 heteroatoms. The van der Waals surface area contributed by atoms with E-state index >= 15 is 0 Å². The highest BCUT2D eigenvalue weighted by molar-refractivity contribution is 5.95. The molecule has 114 valence electrons. The highest BCUT2D eigenvalue weighted by Gasteiger charge is 2.24. The number of para-hydroxylation sites is 1. The second-order valence-corrected chi connectivity index (χ2v) is 4.68. The molecular weight excluding hydrogens is 276 g/mol. The van der Waals surface area contributed by atoms with Crippen molar-refractivity contribution in [2.45, 2.75) is 33.2 Å². The molecule has 1 atom stereocenters. The van der Waals surface area contributed by atoms with Crippen molar-refractivity contribution in [2.75, 3.05) is 6.61 Å². The highest BCUT2D eigenvalue weighted by atomic mass is 16.6. The second-order valence-electron chi connectivity index (χ2n) is 4.68. The SMILES string of the molecule is CC[C@H](C)NC(=O)COC(=O)c1cccc(C)c1[N+](=O)[O-]. The number of benzene rings is 1. The number of amides is 1. The van der Waals surface area contributed by atoms with Gasteiger partial charge in [0.05, 0.1) is 4.92 Å². The maximum Gasteiger partial charge on any atom is 0.345 e. The predicted octanol–water partition coefficient (Wildman–Crippen LogP) is 1.97. The van der Waals surface area contributed by atoms with Crippen LogP contribution >= 0.6 is 0 Å². The first-order valence-electron chi connectivity index (χ1n) is 6.57. The Labute approximate surface area is 122 Å². The smallest absolute Gasteiger partial charge is 0.345 e. The molecule has 0 aliphatic carbocycles. The Bertz CT molecular complexity index is 556. The fraction of sp³-hybridized carbons (Fsp3) is 0.429. The Balaban J connectivity index is 2.75. The molecule has 0 spiro atoms. The zero-order chi connectivity index (χ0) is 16.0. The summed E-state index contributed by atoms with van der Waals surface area (Å²) in [5.41, 5.74) is -0.0975. The third-order valence-corrected chi connectivity index (χ3v) is 2.99. The minimum atomic E-state index is -0.885. The minimum Gasteiger partial charge on any atom is -0.452 e. The first-order valence-corrected chi connectivity index (χ1v) is 6.57. The fourth-order valence-corrected chi connectivity index (χ4v) is 1.69. The lowest BCUT2D eigenvalue weighted by Crippen LogP contribution is -2.35. The number of aryl methyl sites for hydroxylation is 1. The molecule has 0 bridgehead atoms.